The molecule has 63 heavy (non-hydrogen) atoms. The fourth-order valence-electron chi connectivity index (χ4n) is 10.5. The molecule has 0 fully saturated rings. The van der Waals surface area contributed by atoms with Crippen molar-refractivity contribution in [3.63, 3.8) is 0 Å². The second kappa shape index (κ2) is 16.5. The summed E-state index contributed by atoms with van der Waals surface area (Å²) in [5.74, 6) is 0.376. The highest BCUT2D eigenvalue weighted by atomic mass is 15.1. The molecule has 1 unspecified atom stereocenters. The molecule has 4 aliphatic carbocycles. The van der Waals surface area contributed by atoms with E-state index in [2.05, 4.69) is 229 Å². The second-order valence-corrected chi connectivity index (χ2v) is 17.2. The van der Waals surface area contributed by atoms with E-state index in [0.717, 1.165) is 54.7 Å². The van der Waals surface area contributed by atoms with Crippen LogP contribution >= 0.6 is 0 Å². The molecule has 0 spiro atoms. The molecular formula is C61H50N2. The first-order chi connectivity index (χ1) is 31.1. The summed E-state index contributed by atoms with van der Waals surface area (Å²) >= 11 is 0. The zero-order chi connectivity index (χ0) is 42.2. The van der Waals surface area contributed by atoms with E-state index >= 15 is 0 Å². The van der Waals surface area contributed by atoms with Crippen molar-refractivity contribution in [3.05, 3.63) is 275 Å². The van der Waals surface area contributed by atoms with Crippen LogP contribution in [0.3, 0.4) is 0 Å². The van der Waals surface area contributed by atoms with E-state index in [9.17, 15) is 0 Å². The summed E-state index contributed by atoms with van der Waals surface area (Å²) in [7, 11) is 0. The number of rotatable bonds is 9. The number of nitrogens with two attached hydrogens (primary N) is 1. The van der Waals surface area contributed by atoms with Gasteiger partial charge in [-0.25, -0.2) is 0 Å². The lowest BCUT2D eigenvalue weighted by Crippen LogP contribution is -2.29. The Morgan fingerprint density at radius 3 is 1.89 bits per heavy atom. The van der Waals surface area contributed by atoms with Crippen LogP contribution in [0.1, 0.15) is 65.5 Å². The highest BCUT2D eigenvalue weighted by Gasteiger charge is 2.46. The number of hydrogen-bond donors (Lipinski definition) is 1. The molecule has 0 aromatic heterocycles. The molecule has 2 heteroatoms. The predicted molar refractivity (Wildman–Crippen MR) is 264 cm³/mol. The zero-order valence-electron chi connectivity index (χ0n) is 35.5. The van der Waals surface area contributed by atoms with Crippen LogP contribution in [0, 0.1) is 5.92 Å². The van der Waals surface area contributed by atoms with Gasteiger partial charge in [0.05, 0.1) is 5.41 Å². The number of hydrogen-bond acceptors (Lipinski definition) is 2. The van der Waals surface area contributed by atoms with Crippen LogP contribution in [-0.4, -0.2) is 0 Å². The van der Waals surface area contributed by atoms with Crippen molar-refractivity contribution in [2.75, 3.05) is 4.90 Å². The predicted octanol–water partition coefficient (Wildman–Crippen LogP) is 15.1. The monoisotopic (exact) mass is 810 g/mol. The minimum absolute atomic E-state index is 0.376. The summed E-state index contributed by atoms with van der Waals surface area (Å²) in [6.45, 7) is 0. The third-order valence-electron chi connectivity index (χ3n) is 13.6. The van der Waals surface area contributed by atoms with E-state index in [4.69, 9.17) is 5.73 Å². The van der Waals surface area contributed by atoms with Gasteiger partial charge in [0.15, 0.2) is 0 Å². The lowest BCUT2D eigenvalue weighted by Gasteiger charge is -2.35. The summed E-state index contributed by atoms with van der Waals surface area (Å²) in [5, 5.41) is 0. The van der Waals surface area contributed by atoms with Crippen molar-refractivity contribution in [2.45, 2.75) is 37.5 Å². The Labute approximate surface area is 372 Å². The summed E-state index contributed by atoms with van der Waals surface area (Å²) in [6.07, 6.45) is 21.6. The van der Waals surface area contributed by atoms with E-state index in [1.54, 1.807) is 0 Å². The molecule has 304 valence electrons. The number of benzene rings is 7. The van der Waals surface area contributed by atoms with Gasteiger partial charge in [0.25, 0.3) is 0 Å². The van der Waals surface area contributed by atoms with Crippen LogP contribution in [0.15, 0.2) is 241 Å². The average Bonchev–Trinajstić information content (AvgIpc) is 3.66. The second-order valence-electron chi connectivity index (χ2n) is 17.2. The Kier molecular flexibility index (Phi) is 10.1. The van der Waals surface area contributed by atoms with Crippen LogP contribution in [0.2, 0.25) is 0 Å². The highest BCUT2D eigenvalue weighted by Crippen LogP contribution is 2.57. The standard InChI is InChI=1S/C61H50N2/c62-60-38-33-49(41-57(60)45-19-7-2-8-20-45)47-22-15-21-46(39-47)48-23-16-28-53(40-48)63(52-34-31-44(32-35-52)43-17-5-1-6-18-43)54-36-37-56-55-29-13-14-30-58(55)61(59(56)42-54,50-24-9-3-10-25-50)51-26-11-4-12-27-51/h2-5,7-31,34-37,39-42,44H,1,6,32-33,38,62H2. The maximum absolute atomic E-state index is 6.61. The van der Waals surface area contributed by atoms with E-state index in [1.165, 1.54) is 72.5 Å². The van der Waals surface area contributed by atoms with E-state index < -0.39 is 5.41 Å². The molecule has 0 bridgehead atoms. The van der Waals surface area contributed by atoms with Gasteiger partial charge in [-0.15, -0.1) is 0 Å². The zero-order valence-corrected chi connectivity index (χ0v) is 35.5. The summed E-state index contributed by atoms with van der Waals surface area (Å²) < 4.78 is 0. The van der Waals surface area contributed by atoms with Crippen molar-refractivity contribution < 1.29 is 0 Å². The first-order valence-electron chi connectivity index (χ1n) is 22.5. The molecule has 7 aromatic rings. The number of nitrogens with zero attached hydrogens (tertiary/aromatic N) is 1. The molecule has 1 atom stereocenters. The Morgan fingerprint density at radius 1 is 0.508 bits per heavy atom. The summed E-state index contributed by atoms with van der Waals surface area (Å²) in [4.78, 5) is 2.48. The number of fused-ring (bicyclic) bond motifs is 3. The maximum Gasteiger partial charge on any atom is 0.0714 e. The topological polar surface area (TPSA) is 29.3 Å². The minimum Gasteiger partial charge on any atom is -0.402 e. The number of anilines is 2. The van der Waals surface area contributed by atoms with E-state index in [0.29, 0.717) is 5.92 Å². The molecule has 11 rings (SSSR count). The van der Waals surface area contributed by atoms with Gasteiger partial charge < -0.3 is 10.6 Å². The third kappa shape index (κ3) is 6.93. The summed E-state index contributed by atoms with van der Waals surface area (Å²) in [5.41, 5.74) is 26.9. The molecule has 0 aliphatic heterocycles. The molecule has 0 radical (unpaired) electrons. The fraction of sp³-hybridized carbons (Fsp3) is 0.115. The van der Waals surface area contributed by atoms with Gasteiger partial charge in [0, 0.05) is 34.3 Å². The Hall–Kier alpha value is -7.42. The quantitative estimate of drug-likeness (QED) is 0.157. The fourth-order valence-corrected chi connectivity index (χ4v) is 10.5. The Morgan fingerprint density at radius 2 is 1.16 bits per heavy atom. The molecule has 0 heterocycles. The lowest BCUT2D eigenvalue weighted by molar-refractivity contribution is 0.760. The van der Waals surface area contributed by atoms with E-state index in [-0.39, 0.29) is 0 Å². The molecular weight excluding hydrogens is 761 g/mol. The summed E-state index contributed by atoms with van der Waals surface area (Å²) in [6, 6.07) is 67.1. The molecule has 7 aromatic carbocycles. The lowest BCUT2D eigenvalue weighted by atomic mass is 9.67. The van der Waals surface area contributed by atoms with Crippen LogP contribution in [-0.2, 0) is 5.41 Å². The van der Waals surface area contributed by atoms with Crippen molar-refractivity contribution in [2.24, 2.45) is 11.7 Å². The van der Waals surface area contributed by atoms with Crippen molar-refractivity contribution in [3.8, 4) is 22.3 Å². The van der Waals surface area contributed by atoms with Crippen LogP contribution in [0.25, 0.3) is 33.4 Å². The molecule has 4 aliphatic rings. The van der Waals surface area contributed by atoms with Gasteiger partial charge >= 0.3 is 0 Å². The smallest absolute Gasteiger partial charge is 0.0714 e. The average molecular weight is 811 g/mol. The molecule has 0 saturated carbocycles. The molecule has 2 nitrogen and oxygen atoms in total. The van der Waals surface area contributed by atoms with Gasteiger partial charge in [0.2, 0.25) is 0 Å². The number of allylic oxidation sites excluding steroid dienone is 11. The molecule has 0 amide bonds. The van der Waals surface area contributed by atoms with Gasteiger partial charge in [-0.05, 0) is 141 Å². The first kappa shape index (κ1) is 38.5. The van der Waals surface area contributed by atoms with Crippen LogP contribution in [0.5, 0.6) is 0 Å². The van der Waals surface area contributed by atoms with Crippen LogP contribution in [0.4, 0.5) is 11.4 Å². The largest absolute Gasteiger partial charge is 0.402 e. The van der Waals surface area contributed by atoms with Gasteiger partial charge in [-0.1, -0.05) is 182 Å². The van der Waals surface area contributed by atoms with Crippen molar-refractivity contribution in [1.29, 1.82) is 0 Å². The van der Waals surface area contributed by atoms with Gasteiger partial charge in [0.1, 0.15) is 0 Å². The SMILES string of the molecule is NC1=C(c2ccccc2)C=C(c2cccc(-c3cccc(N(C4=CCC(C5=CCCC=C5)C=C4)c4ccc5c(c4)C(c4ccccc4)(c4ccccc4)c4ccccc4-5)c3)c2)CC1. The van der Waals surface area contributed by atoms with Gasteiger partial charge in [-0.3, -0.25) is 0 Å². The van der Waals surface area contributed by atoms with Crippen molar-refractivity contribution in [1.82, 2.24) is 0 Å². The minimum atomic E-state index is -0.492. The first-order valence-corrected chi connectivity index (χ1v) is 22.5. The van der Waals surface area contributed by atoms with Crippen LogP contribution < -0.4 is 10.6 Å². The van der Waals surface area contributed by atoms with Crippen molar-refractivity contribution >= 4 is 22.5 Å². The maximum atomic E-state index is 6.61. The van der Waals surface area contributed by atoms with E-state index in [1.807, 2.05) is 0 Å². The Balaban J connectivity index is 1.04. The molecule has 2 N–H and O–H groups in total. The Bertz CT molecular complexity index is 2990. The molecule has 0 saturated heterocycles. The normalized spacial score (nSPS) is 17.3. The highest BCUT2D eigenvalue weighted by molar-refractivity contribution is 5.90. The third-order valence-corrected chi connectivity index (χ3v) is 13.6. The van der Waals surface area contributed by atoms with Gasteiger partial charge in [-0.2, -0.15) is 0 Å².